The van der Waals surface area contributed by atoms with Crippen LogP contribution in [0.15, 0.2) is 36.4 Å². The minimum atomic E-state index is -1.24. The van der Waals surface area contributed by atoms with Crippen molar-refractivity contribution in [1.82, 2.24) is 0 Å². The molecule has 21 heavy (non-hydrogen) atoms. The van der Waals surface area contributed by atoms with Crippen molar-refractivity contribution in [2.75, 3.05) is 11.1 Å². The number of aromatic carboxylic acids is 1. The van der Waals surface area contributed by atoms with Gasteiger partial charge in [-0.15, -0.1) is 0 Å². The van der Waals surface area contributed by atoms with Gasteiger partial charge in [-0.2, -0.15) is 0 Å². The number of amides is 1. The van der Waals surface area contributed by atoms with E-state index in [1.807, 2.05) is 0 Å². The van der Waals surface area contributed by atoms with Crippen molar-refractivity contribution in [2.24, 2.45) is 0 Å². The van der Waals surface area contributed by atoms with E-state index in [1.165, 1.54) is 18.2 Å². The van der Waals surface area contributed by atoms with Crippen LogP contribution in [-0.4, -0.2) is 17.0 Å². The first-order valence-electron chi connectivity index (χ1n) is 6.09. The van der Waals surface area contributed by atoms with Crippen LogP contribution in [0.4, 0.5) is 15.8 Å². The van der Waals surface area contributed by atoms with E-state index in [4.69, 9.17) is 10.8 Å². The fraction of sp³-hybridized carbons (Fsp3) is 0.0667. The first-order valence-corrected chi connectivity index (χ1v) is 6.09. The number of carboxylic acids is 1. The number of nitrogens with two attached hydrogens (primary N) is 1. The van der Waals surface area contributed by atoms with Crippen molar-refractivity contribution in [2.45, 2.75) is 6.92 Å². The minimum Gasteiger partial charge on any atom is -0.478 e. The molecular formula is C15H13FN2O3. The van der Waals surface area contributed by atoms with Gasteiger partial charge < -0.3 is 16.2 Å². The average molecular weight is 288 g/mol. The molecule has 2 aromatic rings. The monoisotopic (exact) mass is 288 g/mol. The van der Waals surface area contributed by atoms with Gasteiger partial charge in [0.25, 0.3) is 5.91 Å². The molecule has 0 saturated carbocycles. The molecule has 0 bridgehead atoms. The zero-order valence-corrected chi connectivity index (χ0v) is 11.2. The number of aryl methyl sites for hydroxylation is 1. The molecule has 0 aromatic heterocycles. The molecule has 0 radical (unpaired) electrons. The molecule has 1 amide bonds. The van der Waals surface area contributed by atoms with Gasteiger partial charge in [0.2, 0.25) is 0 Å². The third kappa shape index (κ3) is 3.17. The Morgan fingerprint density at radius 2 is 1.81 bits per heavy atom. The highest BCUT2D eigenvalue weighted by molar-refractivity contribution is 6.05. The third-order valence-electron chi connectivity index (χ3n) is 3.01. The van der Waals surface area contributed by atoms with Gasteiger partial charge in [0.15, 0.2) is 0 Å². The SMILES string of the molecule is Cc1ccc(C(=O)Nc2ccc(C(=O)O)cc2F)cc1N. The van der Waals surface area contributed by atoms with Gasteiger partial charge >= 0.3 is 5.97 Å². The van der Waals surface area contributed by atoms with Crippen LogP contribution < -0.4 is 11.1 Å². The van der Waals surface area contributed by atoms with Crippen LogP contribution in [0.2, 0.25) is 0 Å². The molecule has 0 aliphatic rings. The highest BCUT2D eigenvalue weighted by Gasteiger charge is 2.12. The predicted octanol–water partition coefficient (Wildman–Crippen LogP) is 2.67. The Bertz CT molecular complexity index is 729. The molecule has 0 unspecified atom stereocenters. The summed E-state index contributed by atoms with van der Waals surface area (Å²) in [6.45, 7) is 1.81. The van der Waals surface area contributed by atoms with E-state index >= 15 is 0 Å². The smallest absolute Gasteiger partial charge is 0.335 e. The van der Waals surface area contributed by atoms with Crippen LogP contribution in [0.3, 0.4) is 0 Å². The van der Waals surface area contributed by atoms with Gasteiger partial charge in [0.1, 0.15) is 5.82 Å². The summed E-state index contributed by atoms with van der Waals surface area (Å²) in [5, 5.41) is 11.1. The normalized spacial score (nSPS) is 10.2. The summed E-state index contributed by atoms with van der Waals surface area (Å²) in [5.74, 6) is -2.58. The van der Waals surface area contributed by atoms with E-state index in [0.29, 0.717) is 11.3 Å². The zero-order chi connectivity index (χ0) is 15.6. The molecule has 0 heterocycles. The summed E-state index contributed by atoms with van der Waals surface area (Å²) in [4.78, 5) is 22.7. The molecule has 0 aliphatic carbocycles. The second-order valence-corrected chi connectivity index (χ2v) is 4.53. The number of nitrogens with one attached hydrogen (secondary N) is 1. The van der Waals surface area contributed by atoms with Crippen LogP contribution in [0.25, 0.3) is 0 Å². The molecule has 4 N–H and O–H groups in total. The number of carboxylic acid groups (broad SMARTS) is 1. The third-order valence-corrected chi connectivity index (χ3v) is 3.01. The number of hydrogen-bond acceptors (Lipinski definition) is 3. The Kier molecular flexibility index (Phi) is 3.89. The Labute approximate surface area is 120 Å². The van der Waals surface area contributed by atoms with Crippen molar-refractivity contribution in [1.29, 1.82) is 0 Å². The largest absolute Gasteiger partial charge is 0.478 e. The second kappa shape index (κ2) is 5.62. The molecule has 0 aliphatic heterocycles. The van der Waals surface area contributed by atoms with E-state index < -0.39 is 17.7 Å². The topological polar surface area (TPSA) is 92.4 Å². The number of carbonyl (C=O) groups excluding carboxylic acids is 1. The summed E-state index contributed by atoms with van der Waals surface area (Å²) < 4.78 is 13.7. The van der Waals surface area contributed by atoms with Gasteiger partial charge in [0, 0.05) is 11.3 Å². The number of hydrogen-bond donors (Lipinski definition) is 3. The Morgan fingerprint density at radius 3 is 2.38 bits per heavy atom. The molecule has 0 atom stereocenters. The molecule has 0 fully saturated rings. The van der Waals surface area contributed by atoms with Crippen LogP contribution in [0.5, 0.6) is 0 Å². The highest BCUT2D eigenvalue weighted by Crippen LogP contribution is 2.18. The number of rotatable bonds is 3. The maximum atomic E-state index is 13.7. The summed E-state index contributed by atoms with van der Waals surface area (Å²) in [5.41, 5.74) is 7.02. The van der Waals surface area contributed by atoms with E-state index in [9.17, 15) is 14.0 Å². The molecule has 2 aromatic carbocycles. The van der Waals surface area contributed by atoms with Gasteiger partial charge in [-0.05, 0) is 42.8 Å². The first kappa shape index (κ1) is 14.5. The summed E-state index contributed by atoms with van der Waals surface area (Å²) in [6, 6.07) is 8.02. The average Bonchev–Trinajstić information content (AvgIpc) is 2.43. The number of halogens is 1. The fourth-order valence-electron chi connectivity index (χ4n) is 1.73. The summed E-state index contributed by atoms with van der Waals surface area (Å²) >= 11 is 0. The molecule has 5 nitrogen and oxygen atoms in total. The maximum Gasteiger partial charge on any atom is 0.335 e. The molecule has 6 heteroatoms. The summed E-state index contributed by atoms with van der Waals surface area (Å²) in [7, 11) is 0. The van der Waals surface area contributed by atoms with Crippen LogP contribution >= 0.6 is 0 Å². The second-order valence-electron chi connectivity index (χ2n) is 4.53. The molecule has 108 valence electrons. The number of carbonyl (C=O) groups is 2. The predicted molar refractivity (Wildman–Crippen MR) is 76.9 cm³/mol. The maximum absolute atomic E-state index is 13.7. The Hall–Kier alpha value is -2.89. The zero-order valence-electron chi connectivity index (χ0n) is 11.2. The van der Waals surface area contributed by atoms with Crippen LogP contribution in [0.1, 0.15) is 26.3 Å². The lowest BCUT2D eigenvalue weighted by Gasteiger charge is -2.08. The van der Waals surface area contributed by atoms with E-state index in [-0.39, 0.29) is 11.3 Å². The van der Waals surface area contributed by atoms with Crippen molar-refractivity contribution < 1.29 is 19.1 Å². The van der Waals surface area contributed by atoms with Gasteiger partial charge in [-0.25, -0.2) is 9.18 Å². The van der Waals surface area contributed by atoms with Crippen molar-refractivity contribution in [3.63, 3.8) is 0 Å². The number of nitrogen functional groups attached to an aromatic ring is 1. The minimum absolute atomic E-state index is 0.0934. The molecular weight excluding hydrogens is 275 g/mol. The van der Waals surface area contributed by atoms with Crippen molar-refractivity contribution in [3.8, 4) is 0 Å². The molecule has 2 rings (SSSR count). The van der Waals surface area contributed by atoms with Crippen molar-refractivity contribution >= 4 is 23.3 Å². The van der Waals surface area contributed by atoms with Crippen LogP contribution in [0, 0.1) is 12.7 Å². The lowest BCUT2D eigenvalue weighted by atomic mass is 10.1. The lowest BCUT2D eigenvalue weighted by molar-refractivity contribution is 0.0696. The van der Waals surface area contributed by atoms with Crippen LogP contribution in [-0.2, 0) is 0 Å². The Morgan fingerprint density at radius 1 is 1.14 bits per heavy atom. The van der Waals surface area contributed by atoms with Gasteiger partial charge in [0.05, 0.1) is 11.3 Å². The van der Waals surface area contributed by atoms with Gasteiger partial charge in [-0.3, -0.25) is 4.79 Å². The standard InChI is InChI=1S/C15H13FN2O3/c1-8-2-3-9(7-12(8)17)14(19)18-13-5-4-10(15(20)21)6-11(13)16/h2-7H,17H2,1H3,(H,18,19)(H,20,21). The van der Waals surface area contributed by atoms with E-state index in [1.54, 1.807) is 19.1 Å². The van der Waals surface area contributed by atoms with Crippen molar-refractivity contribution in [3.05, 3.63) is 58.9 Å². The quantitative estimate of drug-likeness (QED) is 0.757. The number of anilines is 2. The number of benzene rings is 2. The fourth-order valence-corrected chi connectivity index (χ4v) is 1.73. The highest BCUT2D eigenvalue weighted by atomic mass is 19.1. The molecule has 0 spiro atoms. The molecule has 0 saturated heterocycles. The Balaban J connectivity index is 2.23. The van der Waals surface area contributed by atoms with Gasteiger partial charge in [-0.1, -0.05) is 6.07 Å². The van der Waals surface area contributed by atoms with E-state index in [2.05, 4.69) is 5.32 Å². The first-order chi connectivity index (χ1) is 9.88. The van der Waals surface area contributed by atoms with E-state index in [0.717, 1.165) is 11.6 Å². The lowest BCUT2D eigenvalue weighted by Crippen LogP contribution is -2.14. The summed E-state index contributed by atoms with van der Waals surface area (Å²) in [6.07, 6.45) is 0.